The van der Waals surface area contributed by atoms with Crippen LogP contribution in [-0.2, 0) is 17.6 Å². The summed E-state index contributed by atoms with van der Waals surface area (Å²) >= 11 is 0. The molecule has 2 aliphatic heterocycles. The third-order valence-electron chi connectivity index (χ3n) is 6.76. The summed E-state index contributed by atoms with van der Waals surface area (Å²) in [4.78, 5) is 30.7. The van der Waals surface area contributed by atoms with E-state index < -0.39 is 23.6 Å². The number of hydrogen-bond donors (Lipinski definition) is 3. The maximum absolute atomic E-state index is 15.7. The third-order valence-corrected chi connectivity index (χ3v) is 6.76. The van der Waals surface area contributed by atoms with Crippen LogP contribution in [-0.4, -0.2) is 64.8 Å². The van der Waals surface area contributed by atoms with E-state index in [0.717, 1.165) is 43.9 Å². The second kappa shape index (κ2) is 11.0. The summed E-state index contributed by atoms with van der Waals surface area (Å²) in [6.45, 7) is 2.34. The average Bonchev–Trinajstić information content (AvgIpc) is 2.85. The maximum atomic E-state index is 15.7. The number of benzene rings is 1. The minimum atomic E-state index is -1.32. The Labute approximate surface area is 199 Å². The van der Waals surface area contributed by atoms with Gasteiger partial charge < -0.3 is 20.6 Å². The molecule has 182 valence electrons. The number of alkyl halides is 1. The number of hydrogen-bond acceptors (Lipinski definition) is 5. The highest BCUT2D eigenvalue weighted by molar-refractivity contribution is 5.96. The number of halogens is 1. The highest BCUT2D eigenvalue weighted by Crippen LogP contribution is 2.31. The van der Waals surface area contributed by atoms with E-state index in [1.165, 1.54) is 5.56 Å². The summed E-state index contributed by atoms with van der Waals surface area (Å²) in [6.07, 6.45) is 4.55. The topological polar surface area (TPSA) is 94.6 Å². The van der Waals surface area contributed by atoms with E-state index in [-0.39, 0.29) is 13.0 Å². The van der Waals surface area contributed by atoms with Crippen LogP contribution in [0.3, 0.4) is 0 Å². The maximum Gasteiger partial charge on any atom is 0.326 e. The highest BCUT2D eigenvalue weighted by Gasteiger charge is 2.35. The van der Waals surface area contributed by atoms with Gasteiger partial charge in [0.1, 0.15) is 17.5 Å². The first-order chi connectivity index (χ1) is 16.4. The average molecular weight is 469 g/mol. The van der Waals surface area contributed by atoms with Gasteiger partial charge in [-0.2, -0.15) is 0 Å². The van der Waals surface area contributed by atoms with Gasteiger partial charge in [-0.05, 0) is 75.3 Å². The van der Waals surface area contributed by atoms with E-state index in [1.54, 1.807) is 30.3 Å². The van der Waals surface area contributed by atoms with Crippen molar-refractivity contribution < 1.29 is 19.1 Å². The summed E-state index contributed by atoms with van der Waals surface area (Å²) in [5.74, 6) is -0.572. The minimum absolute atomic E-state index is 0.224. The fourth-order valence-corrected chi connectivity index (χ4v) is 4.83. The van der Waals surface area contributed by atoms with Gasteiger partial charge in [0.15, 0.2) is 0 Å². The summed E-state index contributed by atoms with van der Waals surface area (Å²) in [5.41, 5.74) is 1.22. The van der Waals surface area contributed by atoms with Gasteiger partial charge in [-0.15, -0.1) is 0 Å². The van der Waals surface area contributed by atoms with Crippen molar-refractivity contribution in [3.63, 3.8) is 0 Å². The molecule has 0 spiro atoms. The number of rotatable bonds is 9. The van der Waals surface area contributed by atoms with Gasteiger partial charge in [-0.25, -0.2) is 14.2 Å². The molecule has 3 heterocycles. The molecule has 0 bridgehead atoms. The van der Waals surface area contributed by atoms with Crippen LogP contribution in [0.25, 0.3) is 0 Å². The molecule has 2 aromatic rings. The lowest BCUT2D eigenvalue weighted by Crippen LogP contribution is -2.48. The fraction of sp³-hybridized carbons (Fsp3) is 0.500. The number of carbonyl (C=O) groups excluding carboxylic acids is 1. The van der Waals surface area contributed by atoms with E-state index in [9.17, 15) is 14.7 Å². The van der Waals surface area contributed by atoms with E-state index in [1.807, 2.05) is 11.0 Å². The van der Waals surface area contributed by atoms with Crippen LogP contribution in [0.4, 0.5) is 10.2 Å². The van der Waals surface area contributed by atoms with Crippen molar-refractivity contribution in [3.8, 4) is 0 Å². The van der Waals surface area contributed by atoms with Crippen LogP contribution in [0.1, 0.15) is 53.7 Å². The molecule has 7 nitrogen and oxygen atoms in total. The van der Waals surface area contributed by atoms with E-state index in [0.29, 0.717) is 31.4 Å². The van der Waals surface area contributed by atoms with Gasteiger partial charge in [0.25, 0.3) is 5.91 Å². The number of carboxylic acid groups (broad SMARTS) is 1. The van der Waals surface area contributed by atoms with E-state index >= 15 is 4.39 Å². The Bertz CT molecular complexity index is 1000. The number of amides is 1. The molecule has 4 rings (SSSR count). The summed E-state index contributed by atoms with van der Waals surface area (Å²) < 4.78 is 15.7. The molecule has 8 heteroatoms. The van der Waals surface area contributed by atoms with Gasteiger partial charge in [-0.3, -0.25) is 4.79 Å². The quantitative estimate of drug-likeness (QED) is 0.522. The number of aliphatic carboxylic acids is 1. The molecule has 0 unspecified atom stereocenters. The predicted octanol–water partition coefficient (Wildman–Crippen LogP) is 3.45. The zero-order chi connectivity index (χ0) is 24.0. The van der Waals surface area contributed by atoms with Gasteiger partial charge in [-0.1, -0.05) is 24.3 Å². The van der Waals surface area contributed by atoms with Crippen LogP contribution in [0, 0.1) is 0 Å². The predicted molar refractivity (Wildman–Crippen MR) is 129 cm³/mol. The van der Waals surface area contributed by atoms with Crippen molar-refractivity contribution >= 4 is 17.7 Å². The number of carbonyl (C=O) groups is 2. The van der Waals surface area contributed by atoms with Crippen LogP contribution >= 0.6 is 0 Å². The number of carboxylic acids is 1. The Balaban J connectivity index is 1.29. The van der Waals surface area contributed by atoms with Crippen molar-refractivity contribution in [2.45, 2.75) is 56.7 Å². The van der Waals surface area contributed by atoms with Crippen LogP contribution in [0.5, 0.6) is 0 Å². The molecule has 1 aromatic carbocycles. The number of nitrogens with zero attached hydrogens (tertiary/aromatic N) is 2. The Morgan fingerprint density at radius 3 is 2.82 bits per heavy atom. The third kappa shape index (κ3) is 6.32. The Hall–Kier alpha value is -3.00. The second-order valence-electron chi connectivity index (χ2n) is 9.39. The molecule has 0 saturated carbocycles. The van der Waals surface area contributed by atoms with Crippen molar-refractivity contribution in [3.05, 3.63) is 59.3 Å². The molecule has 2 aliphatic rings. The normalized spacial score (nSPS) is 21.2. The smallest absolute Gasteiger partial charge is 0.326 e. The van der Waals surface area contributed by atoms with Crippen molar-refractivity contribution in [1.82, 2.24) is 15.2 Å². The lowest BCUT2D eigenvalue weighted by molar-refractivity contribution is -0.139. The number of fused-ring (bicyclic) bond motifs is 1. The first-order valence-electron chi connectivity index (χ1n) is 12.1. The fourth-order valence-electron chi connectivity index (χ4n) is 4.83. The van der Waals surface area contributed by atoms with E-state index in [4.69, 9.17) is 0 Å². The van der Waals surface area contributed by atoms with Crippen LogP contribution < -0.4 is 10.6 Å². The molecule has 0 aliphatic carbocycles. The van der Waals surface area contributed by atoms with Crippen LogP contribution in [0.2, 0.25) is 0 Å². The molecule has 1 saturated heterocycles. The Morgan fingerprint density at radius 1 is 1.21 bits per heavy atom. The molecule has 3 N–H and O–H groups in total. The molecule has 2 atom stereocenters. The largest absolute Gasteiger partial charge is 0.480 e. The van der Waals surface area contributed by atoms with Gasteiger partial charge >= 0.3 is 5.97 Å². The number of aromatic nitrogens is 1. The number of nitrogens with one attached hydrogen (secondary N) is 2. The Kier molecular flexibility index (Phi) is 7.77. The molecule has 0 radical (unpaired) electrons. The highest BCUT2D eigenvalue weighted by atomic mass is 19.1. The zero-order valence-electron chi connectivity index (χ0n) is 19.4. The minimum Gasteiger partial charge on any atom is -0.480 e. The number of pyridine rings is 1. The Morgan fingerprint density at radius 2 is 2.03 bits per heavy atom. The molecule has 1 amide bonds. The molecule has 1 aromatic heterocycles. The van der Waals surface area contributed by atoms with Crippen molar-refractivity contribution in [1.29, 1.82) is 0 Å². The lowest BCUT2D eigenvalue weighted by Gasteiger charge is -2.38. The van der Waals surface area contributed by atoms with Crippen molar-refractivity contribution in [2.24, 2.45) is 0 Å². The SMILES string of the molecule is O=C(N[C@@H](CCN1CCC[C@@](F)(CCc2ccc3c(n2)NCCC3)C1)C(=O)O)c1ccccc1. The van der Waals surface area contributed by atoms with Gasteiger partial charge in [0.2, 0.25) is 0 Å². The molecular formula is C26H33FN4O3. The number of likely N-dealkylation sites (tertiary alicyclic amines) is 1. The first kappa shape index (κ1) is 24.1. The summed E-state index contributed by atoms with van der Waals surface area (Å²) in [6, 6.07) is 11.6. The standard InChI is InChI=1S/C26H33FN4O3/c27-26(14-11-21-10-9-19-8-4-15-28-23(19)29-21)13-5-16-31(18-26)17-12-22(25(33)34)30-24(32)20-6-2-1-3-7-20/h1-3,6-7,9-10,22H,4-5,8,11-18H2,(H,28,29)(H,30,32)(H,33,34)/t22-,26+/m0/s1. The van der Waals surface area contributed by atoms with Gasteiger partial charge in [0.05, 0.1) is 0 Å². The number of aryl methyl sites for hydroxylation is 2. The number of anilines is 1. The second-order valence-corrected chi connectivity index (χ2v) is 9.39. The molecule has 34 heavy (non-hydrogen) atoms. The summed E-state index contributed by atoms with van der Waals surface area (Å²) in [7, 11) is 0. The van der Waals surface area contributed by atoms with Crippen LogP contribution in [0.15, 0.2) is 42.5 Å². The molecule has 1 fully saturated rings. The monoisotopic (exact) mass is 468 g/mol. The number of piperidine rings is 1. The summed E-state index contributed by atoms with van der Waals surface area (Å²) in [5, 5.41) is 15.5. The molecular weight excluding hydrogens is 435 g/mol. The zero-order valence-corrected chi connectivity index (χ0v) is 19.4. The first-order valence-corrected chi connectivity index (χ1v) is 12.1. The van der Waals surface area contributed by atoms with Crippen molar-refractivity contribution in [2.75, 3.05) is 31.5 Å². The van der Waals surface area contributed by atoms with Gasteiger partial charge in [0, 0.05) is 30.9 Å². The van der Waals surface area contributed by atoms with E-state index in [2.05, 4.69) is 21.7 Å². The lowest BCUT2D eigenvalue weighted by atomic mass is 9.89.